The Balaban J connectivity index is 1.26. The second kappa shape index (κ2) is 9.11. The number of aryl methyl sites for hydroxylation is 1. The van der Waals surface area contributed by atoms with Crippen LogP contribution in [0.5, 0.6) is 0 Å². The lowest BCUT2D eigenvalue weighted by Crippen LogP contribution is -2.51. The quantitative estimate of drug-likeness (QED) is 0.494. The average molecular weight is 466 g/mol. The molecule has 4 heterocycles. The summed E-state index contributed by atoms with van der Waals surface area (Å²) in [7, 11) is 0. The van der Waals surface area contributed by atoms with Crippen LogP contribution in [0.15, 0.2) is 18.6 Å². The van der Waals surface area contributed by atoms with Gasteiger partial charge in [0.2, 0.25) is 0 Å². The van der Waals surface area contributed by atoms with E-state index in [1.54, 1.807) is 10.8 Å². The van der Waals surface area contributed by atoms with Gasteiger partial charge in [-0.2, -0.15) is 10.2 Å². The SMILES string of the molecule is Cc1cc(-c2[nH]nc(C(=O)N[C@H]3CC[C@@H](NCC4(C)COC4)CC3)c2C(C)C)cn2ncnc12. The van der Waals surface area contributed by atoms with Crippen LogP contribution < -0.4 is 10.6 Å². The van der Waals surface area contributed by atoms with Crippen molar-refractivity contribution in [2.24, 2.45) is 5.41 Å². The third kappa shape index (κ3) is 4.46. The minimum atomic E-state index is -0.0970. The fraction of sp³-hybridized carbons (Fsp3) is 0.600. The minimum Gasteiger partial charge on any atom is -0.380 e. The lowest BCUT2D eigenvalue weighted by molar-refractivity contribution is -0.100. The summed E-state index contributed by atoms with van der Waals surface area (Å²) in [6.07, 6.45) is 7.58. The molecule has 1 amide bonds. The zero-order valence-electron chi connectivity index (χ0n) is 20.5. The van der Waals surface area contributed by atoms with Gasteiger partial charge in [-0.25, -0.2) is 9.50 Å². The summed E-state index contributed by atoms with van der Waals surface area (Å²) < 4.78 is 7.12. The van der Waals surface area contributed by atoms with Gasteiger partial charge < -0.3 is 15.4 Å². The molecule has 1 aliphatic carbocycles. The van der Waals surface area contributed by atoms with Gasteiger partial charge in [0.25, 0.3) is 5.91 Å². The number of pyridine rings is 1. The van der Waals surface area contributed by atoms with Crippen LogP contribution in [-0.2, 0) is 4.74 Å². The second-order valence-electron chi connectivity index (χ2n) is 10.7. The van der Waals surface area contributed by atoms with E-state index in [0.29, 0.717) is 11.7 Å². The molecular formula is C25H35N7O2. The summed E-state index contributed by atoms with van der Waals surface area (Å²) in [6.45, 7) is 11.2. The van der Waals surface area contributed by atoms with E-state index in [2.05, 4.69) is 57.8 Å². The monoisotopic (exact) mass is 465 g/mol. The molecule has 0 bridgehead atoms. The largest absolute Gasteiger partial charge is 0.380 e. The Morgan fingerprint density at radius 1 is 1.26 bits per heavy atom. The number of carbonyl (C=O) groups is 1. The van der Waals surface area contributed by atoms with Crippen molar-refractivity contribution in [2.75, 3.05) is 19.8 Å². The molecular weight excluding hydrogens is 430 g/mol. The number of rotatable bonds is 7. The molecule has 34 heavy (non-hydrogen) atoms. The number of ether oxygens (including phenoxy) is 1. The van der Waals surface area contributed by atoms with Gasteiger partial charge in [-0.1, -0.05) is 20.8 Å². The maximum Gasteiger partial charge on any atom is 0.272 e. The van der Waals surface area contributed by atoms with E-state index in [-0.39, 0.29) is 23.3 Å². The summed E-state index contributed by atoms with van der Waals surface area (Å²) in [5.74, 6) is 0.0401. The van der Waals surface area contributed by atoms with Crippen molar-refractivity contribution >= 4 is 11.6 Å². The molecule has 2 fully saturated rings. The van der Waals surface area contributed by atoms with Crippen molar-refractivity contribution < 1.29 is 9.53 Å². The van der Waals surface area contributed by atoms with E-state index in [9.17, 15) is 4.79 Å². The standard InChI is InChI=1S/C25H35N7O2/c1-15(2)20-21(17-9-16(3)23-27-14-28-32(23)10-17)30-31-22(20)24(33)29-19-7-5-18(6-8-19)26-11-25(4)12-34-13-25/h9-10,14-15,18-19,26H,5-8,11-13H2,1-4H3,(H,29,33)(H,30,31)/t18-,19+. The van der Waals surface area contributed by atoms with Crippen LogP contribution in [-0.4, -0.2) is 62.5 Å². The summed E-state index contributed by atoms with van der Waals surface area (Å²) >= 11 is 0. The molecule has 9 nitrogen and oxygen atoms in total. The zero-order chi connectivity index (χ0) is 23.9. The van der Waals surface area contributed by atoms with Crippen LogP contribution in [0.4, 0.5) is 0 Å². The first-order valence-corrected chi connectivity index (χ1v) is 12.3. The number of nitrogens with one attached hydrogen (secondary N) is 3. The molecule has 5 rings (SSSR count). The number of carbonyl (C=O) groups excluding carboxylic acids is 1. The van der Waals surface area contributed by atoms with Gasteiger partial charge in [-0.05, 0) is 50.2 Å². The van der Waals surface area contributed by atoms with E-state index in [1.807, 2.05) is 13.1 Å². The fourth-order valence-electron chi connectivity index (χ4n) is 5.18. The Morgan fingerprint density at radius 2 is 2.00 bits per heavy atom. The van der Waals surface area contributed by atoms with Gasteiger partial charge in [-0.15, -0.1) is 0 Å². The normalized spacial score (nSPS) is 22.1. The molecule has 2 aliphatic rings. The van der Waals surface area contributed by atoms with Gasteiger partial charge in [0.1, 0.15) is 6.33 Å². The number of amides is 1. The summed E-state index contributed by atoms with van der Waals surface area (Å²) in [4.78, 5) is 17.6. The maximum absolute atomic E-state index is 13.3. The Labute approximate surface area is 200 Å². The summed E-state index contributed by atoms with van der Waals surface area (Å²) in [5.41, 5.74) is 5.36. The molecule has 0 spiro atoms. The highest BCUT2D eigenvalue weighted by atomic mass is 16.5. The van der Waals surface area contributed by atoms with Gasteiger partial charge in [0, 0.05) is 41.4 Å². The number of fused-ring (bicyclic) bond motifs is 1. The Hall–Kier alpha value is -2.78. The summed E-state index contributed by atoms with van der Waals surface area (Å²) in [6, 6.07) is 2.76. The smallest absolute Gasteiger partial charge is 0.272 e. The summed E-state index contributed by atoms with van der Waals surface area (Å²) in [5, 5.41) is 18.8. The van der Waals surface area contributed by atoms with E-state index < -0.39 is 0 Å². The van der Waals surface area contributed by atoms with Crippen LogP contribution >= 0.6 is 0 Å². The minimum absolute atomic E-state index is 0.0970. The third-order valence-corrected chi connectivity index (χ3v) is 7.23. The first-order chi connectivity index (χ1) is 16.3. The van der Waals surface area contributed by atoms with Crippen molar-refractivity contribution in [2.45, 2.75) is 71.4 Å². The molecule has 9 heteroatoms. The van der Waals surface area contributed by atoms with E-state index >= 15 is 0 Å². The van der Waals surface area contributed by atoms with Crippen molar-refractivity contribution in [1.82, 2.24) is 35.4 Å². The van der Waals surface area contributed by atoms with Crippen LogP contribution in [0.1, 0.15) is 74.0 Å². The average Bonchev–Trinajstić information content (AvgIpc) is 3.45. The molecule has 0 atom stereocenters. The predicted octanol–water partition coefficient (Wildman–Crippen LogP) is 3.22. The number of hydrogen-bond donors (Lipinski definition) is 3. The first-order valence-electron chi connectivity index (χ1n) is 12.3. The van der Waals surface area contributed by atoms with Gasteiger partial charge >= 0.3 is 0 Å². The second-order valence-corrected chi connectivity index (χ2v) is 10.7. The van der Waals surface area contributed by atoms with Crippen molar-refractivity contribution in [3.63, 3.8) is 0 Å². The Morgan fingerprint density at radius 3 is 2.68 bits per heavy atom. The van der Waals surface area contributed by atoms with Crippen LogP contribution in [0, 0.1) is 12.3 Å². The molecule has 1 saturated carbocycles. The number of nitrogens with zero attached hydrogens (tertiary/aromatic N) is 4. The molecule has 0 unspecified atom stereocenters. The zero-order valence-corrected chi connectivity index (χ0v) is 20.5. The van der Waals surface area contributed by atoms with Crippen LogP contribution in [0.3, 0.4) is 0 Å². The number of H-pyrrole nitrogens is 1. The highest BCUT2D eigenvalue weighted by Gasteiger charge is 2.34. The number of aromatic nitrogens is 5. The van der Waals surface area contributed by atoms with Gasteiger partial charge in [0.05, 0.1) is 18.9 Å². The van der Waals surface area contributed by atoms with Crippen molar-refractivity contribution in [3.8, 4) is 11.3 Å². The van der Waals surface area contributed by atoms with Crippen LogP contribution in [0.2, 0.25) is 0 Å². The van der Waals surface area contributed by atoms with Crippen molar-refractivity contribution in [3.05, 3.63) is 35.4 Å². The predicted molar refractivity (Wildman–Crippen MR) is 130 cm³/mol. The highest BCUT2D eigenvalue weighted by Crippen LogP contribution is 2.32. The van der Waals surface area contributed by atoms with Gasteiger partial charge in [-0.3, -0.25) is 9.89 Å². The number of aromatic amines is 1. The molecule has 3 N–H and O–H groups in total. The van der Waals surface area contributed by atoms with Crippen LogP contribution in [0.25, 0.3) is 16.9 Å². The molecule has 3 aromatic heterocycles. The third-order valence-electron chi connectivity index (χ3n) is 7.23. The lowest BCUT2D eigenvalue weighted by Gasteiger charge is -2.40. The van der Waals surface area contributed by atoms with E-state index in [0.717, 1.165) is 73.5 Å². The molecule has 3 aromatic rings. The maximum atomic E-state index is 13.3. The molecule has 0 radical (unpaired) electrons. The number of hydrogen-bond acceptors (Lipinski definition) is 6. The molecule has 1 aliphatic heterocycles. The molecule has 182 valence electrons. The lowest BCUT2D eigenvalue weighted by atomic mass is 9.86. The molecule has 1 saturated heterocycles. The fourth-order valence-corrected chi connectivity index (χ4v) is 5.18. The van der Waals surface area contributed by atoms with Crippen molar-refractivity contribution in [1.29, 1.82) is 0 Å². The van der Waals surface area contributed by atoms with E-state index in [4.69, 9.17) is 4.74 Å². The highest BCUT2D eigenvalue weighted by molar-refractivity contribution is 5.96. The first kappa shape index (κ1) is 23.0. The topological polar surface area (TPSA) is 109 Å². The molecule has 0 aromatic carbocycles. The Kier molecular flexibility index (Phi) is 6.16. The Bertz CT molecular complexity index is 1170. The van der Waals surface area contributed by atoms with E-state index in [1.165, 1.54) is 0 Å². The van der Waals surface area contributed by atoms with Gasteiger partial charge in [0.15, 0.2) is 11.3 Å².